The first kappa shape index (κ1) is 14.1. The summed E-state index contributed by atoms with van der Waals surface area (Å²) in [4.78, 5) is 0. The molecule has 1 aliphatic rings. The number of allylic oxidation sites excluding steroid dienone is 2. The third kappa shape index (κ3) is 3.27. The summed E-state index contributed by atoms with van der Waals surface area (Å²) in [7, 11) is 0. The minimum atomic E-state index is -1.43. The minimum Gasteiger partial charge on any atom is -0.469 e. The molecular weight excluding hydrogens is 228 g/mol. The van der Waals surface area contributed by atoms with Gasteiger partial charge in [0.05, 0.1) is 12.9 Å². The van der Waals surface area contributed by atoms with Crippen molar-refractivity contribution in [2.75, 3.05) is 6.61 Å². The van der Waals surface area contributed by atoms with E-state index in [2.05, 4.69) is 6.58 Å². The highest BCUT2D eigenvalue weighted by Crippen LogP contribution is 2.22. The molecule has 1 heterocycles. The lowest BCUT2D eigenvalue weighted by Gasteiger charge is -2.39. The molecule has 0 amide bonds. The number of ether oxygens (including phenoxy) is 2. The van der Waals surface area contributed by atoms with Crippen LogP contribution in [0.4, 0.5) is 0 Å². The fourth-order valence-electron chi connectivity index (χ4n) is 1.40. The van der Waals surface area contributed by atoms with E-state index in [4.69, 9.17) is 14.6 Å². The Morgan fingerprint density at radius 2 is 1.94 bits per heavy atom. The maximum atomic E-state index is 9.61. The molecule has 5 unspecified atom stereocenters. The molecule has 6 heteroatoms. The molecule has 1 aliphatic heterocycles. The number of hydrogen-bond acceptors (Lipinski definition) is 6. The summed E-state index contributed by atoms with van der Waals surface area (Å²) in [6, 6.07) is 0. The molecule has 0 bridgehead atoms. The van der Waals surface area contributed by atoms with Crippen LogP contribution in [-0.4, -0.2) is 57.7 Å². The van der Waals surface area contributed by atoms with E-state index in [-0.39, 0.29) is 0 Å². The maximum Gasteiger partial charge on any atom is 0.228 e. The van der Waals surface area contributed by atoms with Crippen LogP contribution < -0.4 is 0 Å². The maximum absolute atomic E-state index is 9.61. The van der Waals surface area contributed by atoms with Crippen molar-refractivity contribution in [3.63, 3.8) is 0 Å². The van der Waals surface area contributed by atoms with Crippen LogP contribution in [0.2, 0.25) is 0 Å². The fourth-order valence-corrected chi connectivity index (χ4v) is 1.40. The van der Waals surface area contributed by atoms with Gasteiger partial charge in [-0.05, 0) is 12.5 Å². The van der Waals surface area contributed by atoms with Gasteiger partial charge in [0.25, 0.3) is 0 Å². The van der Waals surface area contributed by atoms with Crippen LogP contribution >= 0.6 is 0 Å². The largest absolute Gasteiger partial charge is 0.469 e. The summed E-state index contributed by atoms with van der Waals surface area (Å²) in [6.07, 6.45) is -3.43. The van der Waals surface area contributed by atoms with E-state index in [1.54, 1.807) is 13.0 Å². The van der Waals surface area contributed by atoms with Crippen molar-refractivity contribution in [3.05, 3.63) is 24.5 Å². The highest BCUT2D eigenvalue weighted by atomic mass is 16.7. The van der Waals surface area contributed by atoms with Gasteiger partial charge in [-0.25, -0.2) is 0 Å². The summed E-state index contributed by atoms with van der Waals surface area (Å²) < 4.78 is 10.2. The number of aliphatic hydroxyl groups is 4. The summed E-state index contributed by atoms with van der Waals surface area (Å²) in [5, 5.41) is 37.5. The van der Waals surface area contributed by atoms with Gasteiger partial charge in [0.2, 0.25) is 6.29 Å². The van der Waals surface area contributed by atoms with Gasteiger partial charge in [0.1, 0.15) is 24.4 Å². The monoisotopic (exact) mass is 246 g/mol. The Labute approximate surface area is 99.4 Å². The van der Waals surface area contributed by atoms with Gasteiger partial charge in [-0.15, -0.1) is 0 Å². The topological polar surface area (TPSA) is 99.4 Å². The van der Waals surface area contributed by atoms with Gasteiger partial charge in [-0.1, -0.05) is 12.7 Å². The third-order valence-electron chi connectivity index (χ3n) is 2.56. The van der Waals surface area contributed by atoms with Gasteiger partial charge in [0, 0.05) is 0 Å². The second kappa shape index (κ2) is 6.13. The van der Waals surface area contributed by atoms with Crippen LogP contribution in [0.15, 0.2) is 24.5 Å². The predicted octanol–water partition coefficient (Wildman–Crippen LogP) is -1.11. The van der Waals surface area contributed by atoms with Gasteiger partial charge >= 0.3 is 0 Å². The summed E-state index contributed by atoms with van der Waals surface area (Å²) >= 11 is 0. The third-order valence-corrected chi connectivity index (χ3v) is 2.56. The standard InChI is InChI=1S/C11H18O6/c1-3-6(2)5-16-11-10(15)9(14)8(13)7(4-12)17-11/h3,5,7-15H,1,4H2,2H3/b6-5+. The van der Waals surface area contributed by atoms with E-state index >= 15 is 0 Å². The van der Waals surface area contributed by atoms with Crippen LogP contribution in [0.25, 0.3) is 0 Å². The first-order valence-electron chi connectivity index (χ1n) is 5.26. The molecule has 4 N–H and O–H groups in total. The zero-order valence-corrected chi connectivity index (χ0v) is 9.56. The smallest absolute Gasteiger partial charge is 0.228 e. The van der Waals surface area contributed by atoms with Gasteiger partial charge in [-0.3, -0.25) is 0 Å². The van der Waals surface area contributed by atoms with Gasteiger partial charge in [-0.2, -0.15) is 0 Å². The Morgan fingerprint density at radius 3 is 2.47 bits per heavy atom. The molecule has 0 aromatic heterocycles. The quantitative estimate of drug-likeness (QED) is 0.371. The minimum absolute atomic E-state index is 0.477. The van der Waals surface area contributed by atoms with Crippen LogP contribution in [0.1, 0.15) is 6.92 Å². The van der Waals surface area contributed by atoms with E-state index in [1.165, 1.54) is 6.26 Å². The van der Waals surface area contributed by atoms with E-state index in [1.807, 2.05) is 0 Å². The zero-order chi connectivity index (χ0) is 13.0. The van der Waals surface area contributed by atoms with Gasteiger partial charge < -0.3 is 29.9 Å². The Kier molecular flexibility index (Phi) is 5.10. The molecule has 98 valence electrons. The average molecular weight is 246 g/mol. The van der Waals surface area contributed by atoms with Crippen molar-refractivity contribution in [1.29, 1.82) is 0 Å². The van der Waals surface area contributed by atoms with Crippen LogP contribution in [-0.2, 0) is 9.47 Å². The predicted molar refractivity (Wildman–Crippen MR) is 58.8 cm³/mol. The molecule has 0 spiro atoms. The molecule has 17 heavy (non-hydrogen) atoms. The van der Waals surface area contributed by atoms with Crippen molar-refractivity contribution in [2.24, 2.45) is 0 Å². The Balaban J connectivity index is 2.68. The van der Waals surface area contributed by atoms with Crippen LogP contribution in [0, 0.1) is 0 Å². The molecule has 0 radical (unpaired) electrons. The molecule has 5 atom stereocenters. The van der Waals surface area contributed by atoms with Crippen molar-refractivity contribution in [2.45, 2.75) is 37.6 Å². The van der Waals surface area contributed by atoms with Crippen LogP contribution in [0.3, 0.4) is 0 Å². The molecule has 1 rings (SSSR count). The summed E-state index contributed by atoms with van der Waals surface area (Å²) in [5.41, 5.74) is 0.710. The molecule has 6 nitrogen and oxygen atoms in total. The van der Waals surface area contributed by atoms with Crippen LogP contribution in [0.5, 0.6) is 0 Å². The molecule has 0 saturated carbocycles. The summed E-state index contributed by atoms with van der Waals surface area (Å²) in [6.45, 7) is 4.78. The van der Waals surface area contributed by atoms with E-state index in [0.717, 1.165) is 0 Å². The van der Waals surface area contributed by atoms with Crippen molar-refractivity contribution >= 4 is 0 Å². The van der Waals surface area contributed by atoms with Crippen molar-refractivity contribution < 1.29 is 29.9 Å². The SMILES string of the molecule is C=C/C(C)=C/OC1OC(CO)C(O)C(O)C1O. The van der Waals surface area contributed by atoms with Crippen molar-refractivity contribution in [1.82, 2.24) is 0 Å². The molecule has 1 fully saturated rings. The molecule has 0 aromatic carbocycles. The average Bonchev–Trinajstić information content (AvgIpc) is 2.34. The number of aliphatic hydroxyl groups excluding tert-OH is 4. The van der Waals surface area contributed by atoms with E-state index < -0.39 is 37.3 Å². The second-order valence-corrected chi connectivity index (χ2v) is 3.90. The van der Waals surface area contributed by atoms with E-state index in [0.29, 0.717) is 5.57 Å². The lowest BCUT2D eigenvalue weighted by molar-refractivity contribution is -0.288. The van der Waals surface area contributed by atoms with E-state index in [9.17, 15) is 15.3 Å². The molecule has 0 aromatic rings. The fraction of sp³-hybridized carbons (Fsp3) is 0.636. The Morgan fingerprint density at radius 1 is 1.29 bits per heavy atom. The molecule has 0 aliphatic carbocycles. The van der Waals surface area contributed by atoms with Gasteiger partial charge in [0.15, 0.2) is 0 Å². The molecule has 1 saturated heterocycles. The first-order chi connectivity index (χ1) is 8.01. The highest BCUT2D eigenvalue weighted by Gasteiger charge is 2.44. The number of hydrogen-bond donors (Lipinski definition) is 4. The Hall–Kier alpha value is -0.920. The lowest BCUT2D eigenvalue weighted by Crippen LogP contribution is -2.58. The number of rotatable bonds is 4. The molecular formula is C11H18O6. The second-order valence-electron chi connectivity index (χ2n) is 3.90. The zero-order valence-electron chi connectivity index (χ0n) is 9.56. The summed E-state index contributed by atoms with van der Waals surface area (Å²) in [5.74, 6) is 0. The highest BCUT2D eigenvalue weighted by molar-refractivity contribution is 5.09. The lowest BCUT2D eigenvalue weighted by atomic mass is 9.99. The first-order valence-corrected chi connectivity index (χ1v) is 5.26. The normalized spacial score (nSPS) is 38.9. The van der Waals surface area contributed by atoms with Crippen molar-refractivity contribution in [3.8, 4) is 0 Å². The Bertz CT molecular complexity index is 288.